The Hall–Kier alpha value is -1.28. The van der Waals surface area contributed by atoms with E-state index in [9.17, 15) is 9.59 Å². The number of nitrogens with one attached hydrogen (secondary N) is 2. The van der Waals surface area contributed by atoms with E-state index in [0.717, 1.165) is 6.42 Å². The fourth-order valence-corrected chi connectivity index (χ4v) is 2.40. The van der Waals surface area contributed by atoms with Crippen LogP contribution >= 0.6 is 11.8 Å². The number of hydrogen-bond donors (Lipinski definition) is 3. The zero-order valence-corrected chi connectivity index (χ0v) is 11.6. The number of aromatic amines is 1. The van der Waals surface area contributed by atoms with Crippen molar-refractivity contribution in [2.45, 2.75) is 38.9 Å². The van der Waals surface area contributed by atoms with Crippen LogP contribution in [-0.4, -0.2) is 26.4 Å². The molecular formula is C10H19N5O2S. The van der Waals surface area contributed by atoms with Gasteiger partial charge >= 0.3 is 5.69 Å². The van der Waals surface area contributed by atoms with Crippen LogP contribution in [0.25, 0.3) is 0 Å². The molecule has 0 bridgehead atoms. The lowest BCUT2D eigenvalue weighted by molar-refractivity contribution is -0.128. The predicted octanol–water partition coefficient (Wildman–Crippen LogP) is 0.0896. The second-order valence-electron chi connectivity index (χ2n) is 4.61. The maximum absolute atomic E-state index is 11.5. The summed E-state index contributed by atoms with van der Waals surface area (Å²) in [6.07, 6.45) is 0.847. The maximum Gasteiger partial charge on any atom is 0.343 e. The highest BCUT2D eigenvalue weighted by molar-refractivity contribution is 7.99. The van der Waals surface area contributed by atoms with Gasteiger partial charge in [0.1, 0.15) is 0 Å². The number of rotatable bonds is 6. The van der Waals surface area contributed by atoms with Crippen LogP contribution in [0.4, 0.5) is 0 Å². The first-order chi connectivity index (χ1) is 8.42. The summed E-state index contributed by atoms with van der Waals surface area (Å²) >= 11 is 1.36. The summed E-state index contributed by atoms with van der Waals surface area (Å²) in [5, 5.41) is 6.96. The molecule has 0 aliphatic rings. The van der Waals surface area contributed by atoms with Crippen LogP contribution in [0.2, 0.25) is 0 Å². The summed E-state index contributed by atoms with van der Waals surface area (Å²) in [5.41, 5.74) is 1.30. The van der Waals surface area contributed by atoms with Gasteiger partial charge in [-0.05, 0) is 6.42 Å². The molecule has 0 spiro atoms. The summed E-state index contributed by atoms with van der Waals surface area (Å²) in [6.45, 7) is 6.18. The van der Waals surface area contributed by atoms with Gasteiger partial charge in [0.25, 0.3) is 0 Å². The van der Waals surface area contributed by atoms with E-state index in [0.29, 0.717) is 17.5 Å². The first-order valence-electron chi connectivity index (χ1n) is 5.71. The lowest BCUT2D eigenvalue weighted by Gasteiger charge is -2.21. The maximum atomic E-state index is 11.5. The molecule has 0 fully saturated rings. The van der Waals surface area contributed by atoms with E-state index in [1.807, 2.05) is 6.92 Å². The minimum Gasteiger partial charge on any atom is -0.294 e. The summed E-state index contributed by atoms with van der Waals surface area (Å²) in [7, 11) is 0. The standard InChI is InChI=1S/C10H19N5O2S/c1-4-5-15-8(17)13-14-9(15)18-6-10(2,3)7(16)12-11/h4-6,11H2,1-3H3,(H,12,16)(H,13,17). The summed E-state index contributed by atoms with van der Waals surface area (Å²) in [4.78, 5) is 23.0. The fourth-order valence-electron chi connectivity index (χ4n) is 1.34. The van der Waals surface area contributed by atoms with Gasteiger partial charge in [0, 0.05) is 12.3 Å². The molecule has 0 aromatic carbocycles. The van der Waals surface area contributed by atoms with Crippen molar-refractivity contribution < 1.29 is 4.79 Å². The van der Waals surface area contributed by atoms with Gasteiger partial charge in [-0.2, -0.15) is 0 Å². The van der Waals surface area contributed by atoms with Crippen LogP contribution in [0.3, 0.4) is 0 Å². The number of nitrogens with two attached hydrogens (primary N) is 1. The Morgan fingerprint density at radius 3 is 2.83 bits per heavy atom. The van der Waals surface area contributed by atoms with E-state index in [1.54, 1.807) is 18.4 Å². The lowest BCUT2D eigenvalue weighted by atomic mass is 9.96. The molecule has 4 N–H and O–H groups in total. The van der Waals surface area contributed by atoms with E-state index in [1.165, 1.54) is 11.8 Å². The third-order valence-electron chi connectivity index (χ3n) is 2.48. The van der Waals surface area contributed by atoms with Gasteiger partial charge in [-0.25, -0.2) is 15.7 Å². The number of nitrogens with zero attached hydrogens (tertiary/aromatic N) is 2. The number of carbonyl (C=O) groups excluding carboxylic acids is 1. The number of amides is 1. The fraction of sp³-hybridized carbons (Fsp3) is 0.700. The highest BCUT2D eigenvalue weighted by atomic mass is 32.2. The molecule has 0 unspecified atom stereocenters. The van der Waals surface area contributed by atoms with Gasteiger partial charge in [0.2, 0.25) is 5.91 Å². The van der Waals surface area contributed by atoms with Crippen LogP contribution in [0.5, 0.6) is 0 Å². The largest absolute Gasteiger partial charge is 0.343 e. The van der Waals surface area contributed by atoms with Crippen molar-refractivity contribution in [2.24, 2.45) is 11.3 Å². The molecule has 1 heterocycles. The molecule has 8 heteroatoms. The van der Waals surface area contributed by atoms with Gasteiger partial charge < -0.3 is 0 Å². The van der Waals surface area contributed by atoms with E-state index in [4.69, 9.17) is 5.84 Å². The van der Waals surface area contributed by atoms with E-state index < -0.39 is 5.41 Å². The van der Waals surface area contributed by atoms with E-state index in [2.05, 4.69) is 15.6 Å². The molecule has 102 valence electrons. The van der Waals surface area contributed by atoms with Gasteiger partial charge in [0.05, 0.1) is 5.41 Å². The smallest absolute Gasteiger partial charge is 0.294 e. The molecule has 18 heavy (non-hydrogen) atoms. The third kappa shape index (κ3) is 3.36. The zero-order valence-electron chi connectivity index (χ0n) is 10.8. The molecule has 0 saturated heterocycles. The molecule has 1 amide bonds. The topological polar surface area (TPSA) is 106 Å². The molecule has 0 saturated carbocycles. The van der Waals surface area contributed by atoms with Crippen LogP contribution in [0.15, 0.2) is 9.95 Å². The second kappa shape index (κ2) is 6.05. The minimum absolute atomic E-state index is 0.222. The molecule has 1 aromatic rings. The molecule has 0 aliphatic heterocycles. The normalized spacial score (nSPS) is 11.6. The Labute approximate surface area is 109 Å². The molecule has 0 atom stereocenters. The first kappa shape index (κ1) is 14.8. The molecule has 7 nitrogen and oxygen atoms in total. The number of thioether (sulfide) groups is 1. The van der Waals surface area contributed by atoms with Crippen molar-refractivity contribution >= 4 is 17.7 Å². The third-order valence-corrected chi connectivity index (χ3v) is 3.91. The summed E-state index contributed by atoms with van der Waals surface area (Å²) in [5.74, 6) is 5.37. The van der Waals surface area contributed by atoms with Gasteiger partial charge in [-0.3, -0.25) is 14.8 Å². The highest BCUT2D eigenvalue weighted by Gasteiger charge is 2.28. The zero-order chi connectivity index (χ0) is 13.8. The van der Waals surface area contributed by atoms with Crippen molar-refractivity contribution in [2.75, 3.05) is 5.75 Å². The Kier molecular flexibility index (Phi) is 4.97. The Morgan fingerprint density at radius 1 is 1.61 bits per heavy atom. The number of H-pyrrole nitrogens is 1. The van der Waals surface area contributed by atoms with E-state index >= 15 is 0 Å². The van der Waals surface area contributed by atoms with E-state index in [-0.39, 0.29) is 11.6 Å². The summed E-state index contributed by atoms with van der Waals surface area (Å²) < 4.78 is 1.57. The highest BCUT2D eigenvalue weighted by Crippen LogP contribution is 2.25. The Bertz CT molecular complexity index is 465. The predicted molar refractivity (Wildman–Crippen MR) is 70.0 cm³/mol. The molecule has 1 aromatic heterocycles. The van der Waals surface area contributed by atoms with Crippen LogP contribution in [0.1, 0.15) is 27.2 Å². The first-order valence-corrected chi connectivity index (χ1v) is 6.70. The minimum atomic E-state index is -0.620. The molecule has 0 aliphatic carbocycles. The average molecular weight is 273 g/mol. The number of hydrogen-bond acceptors (Lipinski definition) is 5. The van der Waals surface area contributed by atoms with Gasteiger partial charge in [-0.15, -0.1) is 5.10 Å². The number of hydrazine groups is 1. The van der Waals surface area contributed by atoms with Crippen molar-refractivity contribution in [3.8, 4) is 0 Å². The number of carbonyl (C=O) groups is 1. The van der Waals surface area contributed by atoms with Crippen molar-refractivity contribution in [1.29, 1.82) is 0 Å². The summed E-state index contributed by atoms with van der Waals surface area (Å²) in [6, 6.07) is 0. The van der Waals surface area contributed by atoms with Crippen molar-refractivity contribution in [1.82, 2.24) is 20.2 Å². The quantitative estimate of drug-likeness (QED) is 0.295. The van der Waals surface area contributed by atoms with Gasteiger partial charge in [-0.1, -0.05) is 32.5 Å². The van der Waals surface area contributed by atoms with Crippen LogP contribution < -0.4 is 17.0 Å². The van der Waals surface area contributed by atoms with Gasteiger partial charge in [0.15, 0.2) is 5.16 Å². The molecular weight excluding hydrogens is 254 g/mol. The monoisotopic (exact) mass is 273 g/mol. The SMILES string of the molecule is CCCn1c(SCC(C)(C)C(=O)NN)n[nH]c1=O. The van der Waals surface area contributed by atoms with Crippen molar-refractivity contribution in [3.63, 3.8) is 0 Å². The second-order valence-corrected chi connectivity index (χ2v) is 5.55. The Balaban J connectivity index is 2.75. The Morgan fingerprint density at radius 2 is 2.28 bits per heavy atom. The van der Waals surface area contributed by atoms with Crippen molar-refractivity contribution in [3.05, 3.63) is 10.5 Å². The van der Waals surface area contributed by atoms with Crippen LogP contribution in [-0.2, 0) is 11.3 Å². The molecule has 0 radical (unpaired) electrons. The lowest BCUT2D eigenvalue weighted by Crippen LogP contribution is -2.42. The number of aromatic nitrogens is 3. The molecule has 1 rings (SSSR count). The van der Waals surface area contributed by atoms with Crippen LogP contribution in [0, 0.1) is 5.41 Å². The average Bonchev–Trinajstić information content (AvgIpc) is 2.68.